The van der Waals surface area contributed by atoms with Crippen LogP contribution in [-0.2, 0) is 18.3 Å². The molecule has 0 spiro atoms. The van der Waals surface area contributed by atoms with Gasteiger partial charge in [-0.15, -0.1) is 11.3 Å². The van der Waals surface area contributed by atoms with Gasteiger partial charge in [0.25, 0.3) is 0 Å². The van der Waals surface area contributed by atoms with Crippen LogP contribution in [0.1, 0.15) is 41.7 Å². The van der Waals surface area contributed by atoms with E-state index < -0.39 is 0 Å². The van der Waals surface area contributed by atoms with Gasteiger partial charge in [0.15, 0.2) is 0 Å². The molecule has 0 radical (unpaired) electrons. The van der Waals surface area contributed by atoms with Crippen molar-refractivity contribution in [3.63, 3.8) is 0 Å². The number of aromatic nitrogens is 2. The van der Waals surface area contributed by atoms with E-state index in [-0.39, 0.29) is 18.0 Å². The van der Waals surface area contributed by atoms with Gasteiger partial charge >= 0.3 is 0 Å². The number of nitrogens with zero attached hydrogens (tertiary/aromatic N) is 4. The fourth-order valence-corrected chi connectivity index (χ4v) is 5.22. The first-order chi connectivity index (χ1) is 12.7. The topological polar surface area (TPSA) is 53.4 Å². The number of hydrogen-bond acceptors (Lipinski definition) is 5. The number of amides is 1. The minimum atomic E-state index is 0.147. The highest BCUT2D eigenvalue weighted by atomic mass is 32.1. The summed E-state index contributed by atoms with van der Waals surface area (Å²) in [5.41, 5.74) is 1.36. The van der Waals surface area contributed by atoms with E-state index in [0.29, 0.717) is 6.54 Å². The van der Waals surface area contributed by atoms with Crippen molar-refractivity contribution in [2.24, 2.45) is 7.05 Å². The smallest absolute Gasteiger partial charge is 0.237 e. The first kappa shape index (κ1) is 17.7. The van der Waals surface area contributed by atoms with Gasteiger partial charge in [0.05, 0.1) is 18.6 Å². The summed E-state index contributed by atoms with van der Waals surface area (Å²) >= 11 is 1.83. The Kier molecular flexibility index (Phi) is 5.11. The lowest BCUT2D eigenvalue weighted by Gasteiger charge is -2.39. The Hall–Kier alpha value is -1.70. The van der Waals surface area contributed by atoms with E-state index >= 15 is 0 Å². The minimum Gasteiger partial charge on any atom is -0.337 e. The van der Waals surface area contributed by atoms with Crippen molar-refractivity contribution in [1.29, 1.82) is 0 Å². The number of nitrogens with one attached hydrogen (secondary N) is 1. The third-order valence-electron chi connectivity index (χ3n) is 5.65. The molecule has 1 amide bonds. The van der Waals surface area contributed by atoms with Gasteiger partial charge in [-0.1, -0.05) is 6.92 Å². The Morgan fingerprint density at radius 2 is 2.31 bits per heavy atom. The summed E-state index contributed by atoms with van der Waals surface area (Å²) in [4.78, 5) is 23.6. The Morgan fingerprint density at radius 1 is 1.42 bits per heavy atom. The molecule has 0 aromatic carbocycles. The van der Waals surface area contributed by atoms with Crippen LogP contribution in [-0.4, -0.2) is 58.0 Å². The van der Waals surface area contributed by atoms with E-state index in [4.69, 9.17) is 0 Å². The van der Waals surface area contributed by atoms with Crippen LogP contribution in [0.4, 0.5) is 0 Å². The van der Waals surface area contributed by atoms with Crippen LogP contribution in [0, 0.1) is 0 Å². The number of rotatable bonds is 4. The molecular weight excluding hydrogens is 346 g/mol. The Labute approximate surface area is 158 Å². The summed E-state index contributed by atoms with van der Waals surface area (Å²) in [5, 5.41) is 5.61. The molecule has 2 unspecified atom stereocenters. The zero-order chi connectivity index (χ0) is 18.1. The second-order valence-corrected chi connectivity index (χ2v) is 8.15. The van der Waals surface area contributed by atoms with Crippen molar-refractivity contribution in [3.05, 3.63) is 40.1 Å². The van der Waals surface area contributed by atoms with Crippen molar-refractivity contribution >= 4 is 17.2 Å². The van der Waals surface area contributed by atoms with E-state index in [2.05, 4.69) is 43.0 Å². The molecule has 7 heteroatoms. The predicted octanol–water partition coefficient (Wildman–Crippen LogP) is 1.96. The quantitative estimate of drug-likeness (QED) is 0.890. The summed E-state index contributed by atoms with van der Waals surface area (Å²) in [6, 6.07) is 2.58. The third-order valence-corrected chi connectivity index (χ3v) is 6.65. The zero-order valence-electron chi connectivity index (χ0n) is 15.5. The molecule has 0 bridgehead atoms. The molecule has 4 rings (SSSR count). The number of carbonyl (C=O) groups is 1. The van der Waals surface area contributed by atoms with Crippen molar-refractivity contribution in [2.45, 2.75) is 31.8 Å². The Morgan fingerprint density at radius 3 is 3.08 bits per heavy atom. The van der Waals surface area contributed by atoms with Gasteiger partial charge in [-0.3, -0.25) is 9.69 Å². The van der Waals surface area contributed by atoms with E-state index in [0.717, 1.165) is 44.8 Å². The second-order valence-electron chi connectivity index (χ2n) is 7.15. The van der Waals surface area contributed by atoms with E-state index in [9.17, 15) is 4.79 Å². The molecule has 1 fully saturated rings. The lowest BCUT2D eigenvalue weighted by atomic mass is 9.97. The SMILES string of the molecule is CCC1c2ccsc2CCN1C(=O)CN1CCNCC1c1nccn1C. The molecule has 0 saturated carbocycles. The molecule has 2 aromatic rings. The largest absolute Gasteiger partial charge is 0.337 e. The lowest BCUT2D eigenvalue weighted by Crippen LogP contribution is -2.51. The van der Waals surface area contributed by atoms with Gasteiger partial charge in [-0.05, 0) is 29.9 Å². The van der Waals surface area contributed by atoms with Crippen LogP contribution in [0.3, 0.4) is 0 Å². The number of piperazine rings is 1. The fraction of sp³-hybridized carbons (Fsp3) is 0.579. The summed E-state index contributed by atoms with van der Waals surface area (Å²) in [6.07, 6.45) is 5.76. The molecular formula is C19H27N5OS. The summed E-state index contributed by atoms with van der Waals surface area (Å²) in [6.45, 7) is 6.11. The van der Waals surface area contributed by atoms with Gasteiger partial charge in [-0.25, -0.2) is 4.98 Å². The van der Waals surface area contributed by atoms with Crippen molar-refractivity contribution in [2.75, 3.05) is 32.7 Å². The molecule has 0 aliphatic carbocycles. The van der Waals surface area contributed by atoms with Gasteiger partial charge in [-0.2, -0.15) is 0 Å². The molecule has 1 N–H and O–H groups in total. The van der Waals surface area contributed by atoms with E-state index in [1.54, 1.807) is 0 Å². The highest BCUT2D eigenvalue weighted by Crippen LogP contribution is 2.35. The van der Waals surface area contributed by atoms with Crippen LogP contribution in [0.2, 0.25) is 0 Å². The maximum Gasteiger partial charge on any atom is 0.237 e. The molecule has 4 heterocycles. The molecule has 2 aromatic heterocycles. The molecule has 2 atom stereocenters. The molecule has 2 aliphatic rings. The normalized spacial score (nSPS) is 23.8. The van der Waals surface area contributed by atoms with Crippen molar-refractivity contribution < 1.29 is 4.79 Å². The average molecular weight is 374 g/mol. The van der Waals surface area contributed by atoms with E-state index in [1.165, 1.54) is 10.4 Å². The zero-order valence-corrected chi connectivity index (χ0v) is 16.3. The third kappa shape index (κ3) is 3.19. The first-order valence-electron chi connectivity index (χ1n) is 9.46. The highest BCUT2D eigenvalue weighted by Gasteiger charge is 2.34. The van der Waals surface area contributed by atoms with Crippen molar-refractivity contribution in [1.82, 2.24) is 24.7 Å². The summed E-state index contributed by atoms with van der Waals surface area (Å²) in [5.74, 6) is 1.27. The molecule has 6 nitrogen and oxygen atoms in total. The van der Waals surface area contributed by atoms with Crippen LogP contribution in [0.5, 0.6) is 0 Å². The lowest BCUT2D eigenvalue weighted by molar-refractivity contribution is -0.136. The van der Waals surface area contributed by atoms with E-state index in [1.807, 2.05) is 30.8 Å². The Balaban J connectivity index is 1.50. The monoisotopic (exact) mass is 373 g/mol. The van der Waals surface area contributed by atoms with Gasteiger partial charge in [0.2, 0.25) is 5.91 Å². The van der Waals surface area contributed by atoms with Gasteiger partial charge in [0.1, 0.15) is 5.82 Å². The summed E-state index contributed by atoms with van der Waals surface area (Å²) in [7, 11) is 2.02. The van der Waals surface area contributed by atoms with Crippen molar-refractivity contribution in [3.8, 4) is 0 Å². The molecule has 26 heavy (non-hydrogen) atoms. The second kappa shape index (κ2) is 7.50. The first-order valence-corrected chi connectivity index (χ1v) is 10.3. The van der Waals surface area contributed by atoms with Crippen LogP contribution >= 0.6 is 11.3 Å². The molecule has 2 aliphatic heterocycles. The highest BCUT2D eigenvalue weighted by molar-refractivity contribution is 7.10. The maximum absolute atomic E-state index is 13.2. The average Bonchev–Trinajstić information content (AvgIpc) is 3.30. The Bertz CT molecular complexity index is 770. The number of carbonyl (C=O) groups excluding carboxylic acids is 1. The van der Waals surface area contributed by atoms with Gasteiger partial charge in [0, 0.05) is 50.5 Å². The number of thiophene rings is 1. The number of aryl methyl sites for hydroxylation is 1. The van der Waals surface area contributed by atoms with Crippen LogP contribution in [0.15, 0.2) is 23.8 Å². The van der Waals surface area contributed by atoms with Gasteiger partial charge < -0.3 is 14.8 Å². The fourth-order valence-electron chi connectivity index (χ4n) is 4.29. The number of imidazole rings is 1. The summed E-state index contributed by atoms with van der Waals surface area (Å²) < 4.78 is 2.06. The van der Waals surface area contributed by atoms with Crippen LogP contribution < -0.4 is 5.32 Å². The number of fused-ring (bicyclic) bond motifs is 1. The standard InChI is InChI=1S/C19H27N5OS/c1-3-15-14-5-11-26-17(14)4-8-24(15)18(25)13-23-10-6-20-12-16(23)19-21-7-9-22(19)2/h5,7,9,11,15-16,20H,3-4,6,8,10,12-13H2,1-2H3. The molecule has 1 saturated heterocycles. The number of hydrogen-bond donors (Lipinski definition) is 1. The molecule has 140 valence electrons. The predicted molar refractivity (Wildman–Crippen MR) is 103 cm³/mol. The van der Waals surface area contributed by atoms with Crippen LogP contribution in [0.25, 0.3) is 0 Å². The minimum absolute atomic E-state index is 0.147. The maximum atomic E-state index is 13.2.